The van der Waals surface area contributed by atoms with Gasteiger partial charge >= 0.3 is 0 Å². The maximum atomic E-state index is 11.9. The molecular weight excluding hydrogens is 256 g/mol. The minimum atomic E-state index is -0.267. The molecule has 2 N–H and O–H groups in total. The number of nitrogens with one attached hydrogen (secondary N) is 2. The summed E-state index contributed by atoms with van der Waals surface area (Å²) >= 11 is 0. The van der Waals surface area contributed by atoms with E-state index in [-0.39, 0.29) is 17.5 Å². The van der Waals surface area contributed by atoms with Crippen LogP contribution in [-0.4, -0.2) is 55.4 Å². The zero-order chi connectivity index (χ0) is 15.0. The average Bonchev–Trinajstić information content (AvgIpc) is 2.44. The van der Waals surface area contributed by atoms with Crippen LogP contribution in [0.25, 0.3) is 0 Å². The second kappa shape index (κ2) is 8.27. The van der Waals surface area contributed by atoms with Gasteiger partial charge in [-0.15, -0.1) is 0 Å². The molecule has 2 amide bonds. The van der Waals surface area contributed by atoms with E-state index in [1.807, 2.05) is 25.9 Å². The maximum Gasteiger partial charge on any atom is 0.269 e. The molecule has 1 aromatic rings. The van der Waals surface area contributed by atoms with Gasteiger partial charge in [0.2, 0.25) is 0 Å². The van der Waals surface area contributed by atoms with Crippen LogP contribution < -0.4 is 10.6 Å². The summed E-state index contributed by atoms with van der Waals surface area (Å²) in [4.78, 5) is 29.7. The molecule has 110 valence electrons. The first-order valence-corrected chi connectivity index (χ1v) is 6.71. The molecule has 0 radical (unpaired) electrons. The van der Waals surface area contributed by atoms with Crippen LogP contribution in [0.3, 0.4) is 0 Å². The third kappa shape index (κ3) is 5.36. The molecule has 0 bridgehead atoms. The Morgan fingerprint density at radius 1 is 1.20 bits per heavy atom. The van der Waals surface area contributed by atoms with E-state index >= 15 is 0 Å². The van der Waals surface area contributed by atoms with Gasteiger partial charge in [0.1, 0.15) is 5.69 Å². The lowest BCUT2D eigenvalue weighted by molar-refractivity contribution is 0.0946. The van der Waals surface area contributed by atoms with Gasteiger partial charge in [-0.2, -0.15) is 0 Å². The molecule has 0 fully saturated rings. The van der Waals surface area contributed by atoms with Crippen molar-refractivity contribution in [1.29, 1.82) is 0 Å². The highest BCUT2D eigenvalue weighted by Gasteiger charge is 2.11. The van der Waals surface area contributed by atoms with Gasteiger partial charge in [-0.05, 0) is 32.6 Å². The van der Waals surface area contributed by atoms with Crippen molar-refractivity contribution in [2.75, 3.05) is 33.7 Å². The Kier molecular flexibility index (Phi) is 6.66. The third-order valence-electron chi connectivity index (χ3n) is 2.63. The monoisotopic (exact) mass is 278 g/mol. The van der Waals surface area contributed by atoms with E-state index in [4.69, 9.17) is 0 Å². The number of nitrogens with zero attached hydrogens (tertiary/aromatic N) is 2. The van der Waals surface area contributed by atoms with Gasteiger partial charge in [0.25, 0.3) is 11.8 Å². The molecule has 0 spiro atoms. The normalized spacial score (nSPS) is 10.4. The van der Waals surface area contributed by atoms with Gasteiger partial charge in [0.15, 0.2) is 0 Å². The first-order chi connectivity index (χ1) is 9.54. The van der Waals surface area contributed by atoms with Crippen LogP contribution in [0, 0.1) is 0 Å². The fourth-order valence-electron chi connectivity index (χ4n) is 1.52. The fourth-order valence-corrected chi connectivity index (χ4v) is 1.52. The standard InChI is InChI=1S/C14H22N4O2/c1-4-6-16-13(19)11-5-7-15-12(10-11)14(20)17-8-9-18(2)3/h5,7,10H,4,6,8-9H2,1-3H3,(H,16,19)(H,17,20). The summed E-state index contributed by atoms with van der Waals surface area (Å²) in [5, 5.41) is 5.53. The first-order valence-electron chi connectivity index (χ1n) is 6.71. The lowest BCUT2D eigenvalue weighted by atomic mass is 10.2. The zero-order valence-electron chi connectivity index (χ0n) is 12.3. The largest absolute Gasteiger partial charge is 0.352 e. The third-order valence-corrected chi connectivity index (χ3v) is 2.63. The Morgan fingerprint density at radius 3 is 2.55 bits per heavy atom. The number of rotatable bonds is 7. The second-order valence-electron chi connectivity index (χ2n) is 4.74. The highest BCUT2D eigenvalue weighted by Crippen LogP contribution is 2.02. The van der Waals surface area contributed by atoms with E-state index in [1.165, 1.54) is 12.3 Å². The number of pyridine rings is 1. The fraction of sp³-hybridized carbons (Fsp3) is 0.500. The van der Waals surface area contributed by atoms with Crippen LogP contribution in [0.5, 0.6) is 0 Å². The van der Waals surface area contributed by atoms with Crippen molar-refractivity contribution in [3.8, 4) is 0 Å². The summed E-state index contributed by atoms with van der Waals surface area (Å²) in [6.07, 6.45) is 2.34. The van der Waals surface area contributed by atoms with Crippen molar-refractivity contribution in [3.63, 3.8) is 0 Å². The average molecular weight is 278 g/mol. The summed E-state index contributed by atoms with van der Waals surface area (Å²) in [6.45, 7) is 3.89. The summed E-state index contributed by atoms with van der Waals surface area (Å²) < 4.78 is 0. The molecule has 6 heteroatoms. The minimum Gasteiger partial charge on any atom is -0.352 e. The van der Waals surface area contributed by atoms with Gasteiger partial charge in [0, 0.05) is 31.4 Å². The number of hydrogen-bond donors (Lipinski definition) is 2. The lowest BCUT2D eigenvalue weighted by Gasteiger charge is -2.10. The van der Waals surface area contributed by atoms with Crippen LogP contribution in [0.2, 0.25) is 0 Å². The van der Waals surface area contributed by atoms with Crippen LogP contribution in [0.15, 0.2) is 18.3 Å². The number of amides is 2. The van der Waals surface area contributed by atoms with Gasteiger partial charge in [-0.25, -0.2) is 0 Å². The maximum absolute atomic E-state index is 11.9. The Labute approximate surface area is 119 Å². The van der Waals surface area contributed by atoms with E-state index in [2.05, 4.69) is 15.6 Å². The van der Waals surface area contributed by atoms with Crippen molar-refractivity contribution in [2.24, 2.45) is 0 Å². The molecule has 0 unspecified atom stereocenters. The molecule has 0 saturated carbocycles. The van der Waals surface area contributed by atoms with E-state index in [9.17, 15) is 9.59 Å². The topological polar surface area (TPSA) is 74.3 Å². The Morgan fingerprint density at radius 2 is 1.90 bits per heavy atom. The molecule has 1 aromatic heterocycles. The summed E-state index contributed by atoms with van der Waals surface area (Å²) in [5.74, 6) is -0.450. The molecule has 0 atom stereocenters. The quantitative estimate of drug-likeness (QED) is 0.762. The van der Waals surface area contributed by atoms with Gasteiger partial charge in [-0.1, -0.05) is 6.92 Å². The molecule has 0 aliphatic rings. The molecule has 20 heavy (non-hydrogen) atoms. The van der Waals surface area contributed by atoms with Gasteiger partial charge < -0.3 is 15.5 Å². The number of likely N-dealkylation sites (N-methyl/N-ethyl adjacent to an activating group) is 1. The van der Waals surface area contributed by atoms with Crippen LogP contribution in [-0.2, 0) is 0 Å². The molecule has 0 aromatic carbocycles. The molecule has 0 aliphatic carbocycles. The smallest absolute Gasteiger partial charge is 0.269 e. The summed E-state index contributed by atoms with van der Waals surface area (Å²) in [7, 11) is 3.87. The van der Waals surface area contributed by atoms with Gasteiger partial charge in [0.05, 0.1) is 0 Å². The summed E-state index contributed by atoms with van der Waals surface area (Å²) in [5.41, 5.74) is 0.708. The highest BCUT2D eigenvalue weighted by atomic mass is 16.2. The second-order valence-corrected chi connectivity index (χ2v) is 4.74. The number of carbonyl (C=O) groups excluding carboxylic acids is 2. The van der Waals surface area contributed by atoms with Crippen molar-refractivity contribution in [1.82, 2.24) is 20.5 Å². The van der Waals surface area contributed by atoms with E-state index in [0.29, 0.717) is 18.7 Å². The van der Waals surface area contributed by atoms with E-state index in [1.54, 1.807) is 6.07 Å². The number of carbonyl (C=O) groups is 2. The van der Waals surface area contributed by atoms with Gasteiger partial charge in [-0.3, -0.25) is 14.6 Å². The van der Waals surface area contributed by atoms with Crippen molar-refractivity contribution in [3.05, 3.63) is 29.6 Å². The molecule has 1 rings (SSSR count). The Bertz CT molecular complexity index is 460. The van der Waals surface area contributed by atoms with Crippen molar-refractivity contribution in [2.45, 2.75) is 13.3 Å². The predicted molar refractivity (Wildman–Crippen MR) is 77.7 cm³/mol. The first kappa shape index (κ1) is 16.1. The molecule has 0 aliphatic heterocycles. The number of aromatic nitrogens is 1. The van der Waals surface area contributed by atoms with Crippen molar-refractivity contribution >= 4 is 11.8 Å². The van der Waals surface area contributed by atoms with Crippen LogP contribution in [0.4, 0.5) is 0 Å². The lowest BCUT2D eigenvalue weighted by Crippen LogP contribution is -2.32. The highest BCUT2D eigenvalue weighted by molar-refractivity contribution is 5.98. The molecule has 6 nitrogen and oxygen atoms in total. The van der Waals surface area contributed by atoms with Crippen molar-refractivity contribution < 1.29 is 9.59 Å². The SMILES string of the molecule is CCCNC(=O)c1ccnc(C(=O)NCCN(C)C)c1. The molecule has 0 saturated heterocycles. The minimum absolute atomic E-state index is 0.184. The summed E-state index contributed by atoms with van der Waals surface area (Å²) in [6, 6.07) is 3.11. The van der Waals surface area contributed by atoms with E-state index < -0.39 is 0 Å². The van der Waals surface area contributed by atoms with Crippen LogP contribution in [0.1, 0.15) is 34.2 Å². The molecular formula is C14H22N4O2. The number of hydrogen-bond acceptors (Lipinski definition) is 4. The predicted octanol–water partition coefficient (Wildman–Crippen LogP) is 0.513. The van der Waals surface area contributed by atoms with Crippen LogP contribution >= 0.6 is 0 Å². The Balaban J connectivity index is 2.62. The molecule has 1 heterocycles. The Hall–Kier alpha value is -1.95. The van der Waals surface area contributed by atoms with E-state index in [0.717, 1.165) is 13.0 Å². The zero-order valence-corrected chi connectivity index (χ0v) is 12.3.